The average Bonchev–Trinajstić information content (AvgIpc) is 2.79. The molecule has 0 saturated carbocycles. The maximum Gasteiger partial charge on any atom is 0.220 e. The molecule has 2 unspecified atom stereocenters. The van der Waals surface area contributed by atoms with Crippen LogP contribution in [0.15, 0.2) is 0 Å². The molecule has 1 amide bonds. The molecule has 2 N–H and O–H groups in total. The van der Waals surface area contributed by atoms with Gasteiger partial charge in [-0.15, -0.1) is 0 Å². The van der Waals surface area contributed by atoms with Crippen molar-refractivity contribution in [1.82, 2.24) is 10.6 Å². The smallest absolute Gasteiger partial charge is 0.220 e. The van der Waals surface area contributed by atoms with Crippen molar-refractivity contribution in [2.75, 3.05) is 19.7 Å². The fourth-order valence-corrected chi connectivity index (χ4v) is 2.35. The zero-order valence-electron chi connectivity index (χ0n) is 12.0. The summed E-state index contributed by atoms with van der Waals surface area (Å²) < 4.78 is 5.61. The largest absolute Gasteiger partial charge is 0.378 e. The highest BCUT2D eigenvalue weighted by atomic mass is 16.5. The molecule has 1 heterocycles. The van der Waals surface area contributed by atoms with Crippen molar-refractivity contribution in [2.24, 2.45) is 5.92 Å². The highest BCUT2D eigenvalue weighted by Crippen LogP contribution is 2.22. The third-order valence-corrected chi connectivity index (χ3v) is 3.44. The minimum atomic E-state index is 0.169. The molecular weight excluding hydrogens is 228 g/mol. The molecule has 4 heteroatoms. The van der Waals surface area contributed by atoms with Gasteiger partial charge >= 0.3 is 0 Å². The number of nitrogens with one attached hydrogen (secondary N) is 2. The molecule has 18 heavy (non-hydrogen) atoms. The van der Waals surface area contributed by atoms with Gasteiger partial charge in [-0.05, 0) is 25.8 Å². The fourth-order valence-electron chi connectivity index (χ4n) is 2.35. The topological polar surface area (TPSA) is 50.4 Å². The lowest BCUT2D eigenvalue weighted by Gasteiger charge is -2.17. The van der Waals surface area contributed by atoms with Crippen molar-refractivity contribution in [3.05, 3.63) is 0 Å². The second kappa shape index (κ2) is 8.48. The predicted molar refractivity (Wildman–Crippen MR) is 73.5 cm³/mol. The van der Waals surface area contributed by atoms with Crippen LogP contribution >= 0.6 is 0 Å². The molecule has 1 fully saturated rings. The molecule has 0 aromatic rings. The first kappa shape index (κ1) is 15.4. The number of rotatable bonds is 8. The second-order valence-corrected chi connectivity index (χ2v) is 5.38. The summed E-state index contributed by atoms with van der Waals surface area (Å²) in [7, 11) is 0. The fraction of sp³-hybridized carbons (Fsp3) is 0.929. The van der Waals surface area contributed by atoms with E-state index in [4.69, 9.17) is 4.74 Å². The minimum absolute atomic E-state index is 0.169. The molecule has 0 radical (unpaired) electrons. The van der Waals surface area contributed by atoms with Crippen molar-refractivity contribution in [1.29, 1.82) is 0 Å². The summed E-state index contributed by atoms with van der Waals surface area (Å²) in [5, 5.41) is 6.34. The summed E-state index contributed by atoms with van der Waals surface area (Å²) >= 11 is 0. The van der Waals surface area contributed by atoms with E-state index in [-0.39, 0.29) is 5.91 Å². The van der Waals surface area contributed by atoms with E-state index in [0.29, 0.717) is 24.5 Å². The van der Waals surface area contributed by atoms with Crippen LogP contribution in [0.25, 0.3) is 0 Å². The van der Waals surface area contributed by atoms with E-state index in [9.17, 15) is 4.79 Å². The van der Waals surface area contributed by atoms with Gasteiger partial charge in [0.1, 0.15) is 0 Å². The molecule has 1 saturated heterocycles. The molecule has 106 valence electrons. The van der Waals surface area contributed by atoms with Crippen LogP contribution in [-0.4, -0.2) is 37.7 Å². The van der Waals surface area contributed by atoms with Crippen LogP contribution in [0.4, 0.5) is 0 Å². The van der Waals surface area contributed by atoms with Crippen LogP contribution in [0.5, 0.6) is 0 Å². The van der Waals surface area contributed by atoms with E-state index >= 15 is 0 Å². The van der Waals surface area contributed by atoms with Gasteiger partial charge in [0.25, 0.3) is 0 Å². The third-order valence-electron chi connectivity index (χ3n) is 3.44. The Kier molecular flexibility index (Phi) is 7.28. The van der Waals surface area contributed by atoms with E-state index in [2.05, 4.69) is 31.4 Å². The second-order valence-electron chi connectivity index (χ2n) is 5.38. The van der Waals surface area contributed by atoms with Crippen LogP contribution in [0.2, 0.25) is 0 Å². The Morgan fingerprint density at radius 1 is 1.44 bits per heavy atom. The quantitative estimate of drug-likeness (QED) is 0.650. The van der Waals surface area contributed by atoms with Gasteiger partial charge in [0.2, 0.25) is 5.91 Å². The lowest BCUT2D eigenvalue weighted by molar-refractivity contribution is -0.121. The Balaban J connectivity index is 2.06. The highest BCUT2D eigenvalue weighted by molar-refractivity contribution is 5.75. The van der Waals surface area contributed by atoms with Crippen molar-refractivity contribution in [2.45, 2.75) is 58.6 Å². The Morgan fingerprint density at radius 3 is 2.89 bits per heavy atom. The number of hydrogen-bond acceptors (Lipinski definition) is 3. The highest BCUT2D eigenvalue weighted by Gasteiger charge is 2.26. The van der Waals surface area contributed by atoms with E-state index in [1.807, 2.05) is 0 Å². The summed E-state index contributed by atoms with van der Waals surface area (Å²) in [6.45, 7) is 8.90. The monoisotopic (exact) mass is 256 g/mol. The van der Waals surface area contributed by atoms with Crippen molar-refractivity contribution >= 4 is 5.91 Å². The lowest BCUT2D eigenvalue weighted by atomic mass is 9.99. The zero-order chi connectivity index (χ0) is 13.4. The third kappa shape index (κ3) is 5.83. The Labute approximate surface area is 111 Å². The lowest BCUT2D eigenvalue weighted by Crippen LogP contribution is -2.33. The normalized spacial score (nSPS) is 23.6. The molecule has 2 atom stereocenters. The molecular formula is C14H28N2O2. The van der Waals surface area contributed by atoms with Crippen molar-refractivity contribution in [3.63, 3.8) is 0 Å². The first-order valence-corrected chi connectivity index (χ1v) is 7.25. The van der Waals surface area contributed by atoms with Gasteiger partial charge in [-0.1, -0.05) is 20.8 Å². The molecule has 4 nitrogen and oxygen atoms in total. The van der Waals surface area contributed by atoms with Gasteiger partial charge in [-0.25, -0.2) is 0 Å². The number of ether oxygens (including phenoxy) is 1. The van der Waals surface area contributed by atoms with Gasteiger partial charge in [0, 0.05) is 31.5 Å². The molecule has 1 aliphatic rings. The SMILES string of the molecule is CCC1OCCC1CNC(=O)CCCNC(C)C. The summed E-state index contributed by atoms with van der Waals surface area (Å²) in [4.78, 5) is 11.7. The summed E-state index contributed by atoms with van der Waals surface area (Å²) in [6.07, 6.45) is 3.98. The van der Waals surface area contributed by atoms with Gasteiger partial charge in [-0.2, -0.15) is 0 Å². The summed E-state index contributed by atoms with van der Waals surface area (Å²) in [5.74, 6) is 0.676. The first-order valence-electron chi connectivity index (χ1n) is 7.25. The van der Waals surface area contributed by atoms with Crippen LogP contribution in [-0.2, 0) is 9.53 Å². The maximum atomic E-state index is 11.7. The van der Waals surface area contributed by atoms with Gasteiger partial charge in [0.15, 0.2) is 0 Å². The number of hydrogen-bond donors (Lipinski definition) is 2. The van der Waals surface area contributed by atoms with Gasteiger partial charge in [-0.3, -0.25) is 4.79 Å². The van der Waals surface area contributed by atoms with E-state index in [1.54, 1.807) is 0 Å². The van der Waals surface area contributed by atoms with Crippen molar-refractivity contribution < 1.29 is 9.53 Å². The minimum Gasteiger partial charge on any atom is -0.378 e. The van der Waals surface area contributed by atoms with Crippen LogP contribution in [0.1, 0.15) is 46.5 Å². The van der Waals surface area contributed by atoms with Crippen LogP contribution < -0.4 is 10.6 Å². The zero-order valence-corrected chi connectivity index (χ0v) is 12.0. The van der Waals surface area contributed by atoms with Crippen LogP contribution in [0, 0.1) is 5.92 Å². The molecule has 0 bridgehead atoms. The summed E-state index contributed by atoms with van der Waals surface area (Å²) in [6, 6.07) is 0.494. The summed E-state index contributed by atoms with van der Waals surface area (Å²) in [5.41, 5.74) is 0. The van der Waals surface area contributed by atoms with E-state index < -0.39 is 0 Å². The molecule has 0 spiro atoms. The molecule has 0 aliphatic carbocycles. The molecule has 1 aliphatic heterocycles. The first-order chi connectivity index (χ1) is 8.63. The van der Waals surface area contributed by atoms with Gasteiger partial charge < -0.3 is 15.4 Å². The van der Waals surface area contributed by atoms with Crippen molar-refractivity contribution in [3.8, 4) is 0 Å². The molecule has 1 rings (SSSR count). The number of amides is 1. The van der Waals surface area contributed by atoms with E-state index in [0.717, 1.165) is 39.0 Å². The predicted octanol–water partition coefficient (Wildman–Crippen LogP) is 1.70. The van der Waals surface area contributed by atoms with Crippen LogP contribution in [0.3, 0.4) is 0 Å². The van der Waals surface area contributed by atoms with E-state index in [1.165, 1.54) is 0 Å². The Bertz CT molecular complexity index is 244. The standard InChI is InChI=1S/C14H28N2O2/c1-4-13-12(7-9-18-13)10-16-14(17)6-5-8-15-11(2)3/h11-13,15H,4-10H2,1-3H3,(H,16,17). The van der Waals surface area contributed by atoms with Gasteiger partial charge in [0.05, 0.1) is 6.10 Å². The number of carbonyl (C=O) groups excluding carboxylic acids is 1. The Morgan fingerprint density at radius 2 is 2.22 bits per heavy atom. The maximum absolute atomic E-state index is 11.7. The number of carbonyl (C=O) groups is 1. The Hall–Kier alpha value is -0.610. The molecule has 0 aromatic carbocycles. The average molecular weight is 256 g/mol. The molecule has 0 aromatic heterocycles.